The van der Waals surface area contributed by atoms with Gasteiger partial charge < -0.3 is 24.2 Å². The van der Waals surface area contributed by atoms with E-state index in [1.807, 2.05) is 13.8 Å². The van der Waals surface area contributed by atoms with Gasteiger partial charge in [-0.15, -0.1) is 0 Å². The summed E-state index contributed by atoms with van der Waals surface area (Å²) in [7, 11) is 1.49. The molecular weight excluding hydrogens is 426 g/mol. The summed E-state index contributed by atoms with van der Waals surface area (Å²) in [5.74, 6) is -1.57. The van der Waals surface area contributed by atoms with Crippen LogP contribution < -0.4 is 9.47 Å². The van der Waals surface area contributed by atoms with Crippen molar-refractivity contribution in [2.75, 3.05) is 20.3 Å². The van der Waals surface area contributed by atoms with Gasteiger partial charge in [0, 0.05) is 26.1 Å². The second-order valence-electron chi connectivity index (χ2n) is 7.85. The van der Waals surface area contributed by atoms with Crippen LogP contribution in [0.3, 0.4) is 0 Å². The van der Waals surface area contributed by atoms with Gasteiger partial charge in [-0.3, -0.25) is 14.4 Å². The van der Waals surface area contributed by atoms with Crippen molar-refractivity contribution in [3.8, 4) is 11.5 Å². The molecule has 33 heavy (non-hydrogen) atoms. The first-order valence-corrected chi connectivity index (χ1v) is 10.6. The molecule has 0 spiro atoms. The third-order valence-corrected chi connectivity index (χ3v) is 4.99. The van der Waals surface area contributed by atoms with Crippen LogP contribution in [0.2, 0.25) is 0 Å². The zero-order valence-corrected chi connectivity index (χ0v) is 19.0. The Morgan fingerprint density at radius 3 is 2.45 bits per heavy atom. The van der Waals surface area contributed by atoms with Crippen LogP contribution >= 0.6 is 0 Å². The number of carbonyl (C=O) groups excluding carboxylic acids is 3. The highest BCUT2D eigenvalue weighted by atomic mass is 16.5. The number of Topliss-reactive ketones (excluding diaryl/α,β-unsaturated/α-hetero) is 1. The molecule has 3 rings (SSSR count). The Bertz CT molecular complexity index is 1090. The number of nitrogens with zero attached hydrogens (tertiary/aromatic N) is 1. The van der Waals surface area contributed by atoms with Crippen molar-refractivity contribution in [2.45, 2.75) is 32.9 Å². The number of ether oxygens (including phenoxy) is 3. The molecule has 174 valence electrons. The minimum atomic E-state index is -0.884. The van der Waals surface area contributed by atoms with Gasteiger partial charge in [-0.2, -0.15) is 0 Å². The highest BCUT2D eigenvalue weighted by Crippen LogP contribution is 2.40. The quantitative estimate of drug-likeness (QED) is 0.215. The van der Waals surface area contributed by atoms with Crippen LogP contribution in [0.5, 0.6) is 11.5 Å². The summed E-state index contributed by atoms with van der Waals surface area (Å²) in [6, 6.07) is 12.3. The molecule has 0 bridgehead atoms. The lowest BCUT2D eigenvalue weighted by Gasteiger charge is -2.25. The molecule has 1 heterocycles. The summed E-state index contributed by atoms with van der Waals surface area (Å²) in [4.78, 5) is 38.7. The molecule has 2 aromatic carbocycles. The number of hydrogen-bond donors (Lipinski definition) is 1. The number of ketones is 1. The number of aliphatic hydroxyl groups is 1. The summed E-state index contributed by atoms with van der Waals surface area (Å²) in [5, 5.41) is 11.2. The van der Waals surface area contributed by atoms with E-state index in [-0.39, 0.29) is 36.3 Å². The fourth-order valence-corrected chi connectivity index (χ4v) is 3.71. The van der Waals surface area contributed by atoms with Gasteiger partial charge in [0.15, 0.2) is 0 Å². The predicted molar refractivity (Wildman–Crippen MR) is 121 cm³/mol. The van der Waals surface area contributed by atoms with Crippen LogP contribution in [0.4, 0.5) is 0 Å². The van der Waals surface area contributed by atoms with Crippen molar-refractivity contribution < 1.29 is 33.7 Å². The fraction of sp³-hybridized carbons (Fsp3) is 0.320. The van der Waals surface area contributed by atoms with Gasteiger partial charge in [0.1, 0.15) is 17.3 Å². The third-order valence-electron chi connectivity index (χ3n) is 4.99. The Morgan fingerprint density at radius 2 is 1.79 bits per heavy atom. The maximum absolute atomic E-state index is 13.0. The van der Waals surface area contributed by atoms with Crippen molar-refractivity contribution >= 4 is 23.4 Å². The number of likely N-dealkylation sites (tertiary alicyclic amines) is 1. The predicted octanol–water partition coefficient (Wildman–Crippen LogP) is 3.47. The normalized spacial score (nSPS) is 17.5. The second-order valence-corrected chi connectivity index (χ2v) is 7.85. The number of amides is 1. The van der Waals surface area contributed by atoms with Gasteiger partial charge >= 0.3 is 5.97 Å². The first-order valence-electron chi connectivity index (χ1n) is 10.6. The first-order chi connectivity index (χ1) is 15.7. The number of hydrogen-bond acceptors (Lipinski definition) is 7. The largest absolute Gasteiger partial charge is 0.507 e. The lowest BCUT2D eigenvalue weighted by atomic mass is 9.95. The number of aliphatic hydroxyl groups excluding tert-OH is 1. The monoisotopic (exact) mass is 453 g/mol. The van der Waals surface area contributed by atoms with Gasteiger partial charge in [-0.1, -0.05) is 24.3 Å². The molecule has 1 fully saturated rings. The lowest BCUT2D eigenvalue weighted by Crippen LogP contribution is -2.32. The average Bonchev–Trinajstić information content (AvgIpc) is 3.01. The van der Waals surface area contributed by atoms with E-state index in [4.69, 9.17) is 14.2 Å². The third kappa shape index (κ3) is 5.40. The number of rotatable bonds is 8. The van der Waals surface area contributed by atoms with Gasteiger partial charge in [-0.05, 0) is 43.7 Å². The Kier molecular flexibility index (Phi) is 7.50. The number of benzene rings is 2. The van der Waals surface area contributed by atoms with Crippen molar-refractivity contribution in [2.24, 2.45) is 0 Å². The molecule has 1 aliphatic heterocycles. The van der Waals surface area contributed by atoms with E-state index >= 15 is 0 Å². The maximum Gasteiger partial charge on any atom is 0.308 e. The highest BCUT2D eigenvalue weighted by molar-refractivity contribution is 6.46. The second kappa shape index (κ2) is 10.3. The summed E-state index contributed by atoms with van der Waals surface area (Å²) in [6.45, 7) is 5.37. The van der Waals surface area contributed by atoms with Gasteiger partial charge in [0.2, 0.25) is 0 Å². The highest BCUT2D eigenvalue weighted by Gasteiger charge is 2.46. The van der Waals surface area contributed by atoms with Crippen LogP contribution in [-0.4, -0.2) is 54.0 Å². The Hall–Kier alpha value is -3.65. The zero-order chi connectivity index (χ0) is 24.1. The molecule has 0 aliphatic carbocycles. The maximum atomic E-state index is 13.0. The summed E-state index contributed by atoms with van der Waals surface area (Å²) in [5.41, 5.74) is 0.803. The van der Waals surface area contributed by atoms with Crippen molar-refractivity contribution in [1.29, 1.82) is 0 Å². The molecule has 8 nitrogen and oxygen atoms in total. The Balaban J connectivity index is 2.14. The van der Waals surface area contributed by atoms with Gasteiger partial charge in [-0.25, -0.2) is 0 Å². The summed E-state index contributed by atoms with van der Waals surface area (Å²) >= 11 is 0. The van der Waals surface area contributed by atoms with E-state index in [1.165, 1.54) is 18.9 Å². The van der Waals surface area contributed by atoms with Gasteiger partial charge in [0.05, 0.1) is 24.3 Å². The molecule has 1 atom stereocenters. The standard InChI is InChI=1S/C25H27NO7/c1-15(2)32-19-9-6-8-18(14-19)23(28)21-22(26(11-12-31-4)25(30)24(21)29)17-7-5-10-20(13-17)33-16(3)27/h5-10,13-15,22,28H,11-12H2,1-4H3/b23-21-. The topological polar surface area (TPSA) is 102 Å². The fourth-order valence-electron chi connectivity index (χ4n) is 3.71. The molecular formula is C25H27NO7. The number of esters is 1. The van der Waals surface area contributed by atoms with Crippen LogP contribution in [-0.2, 0) is 19.1 Å². The molecule has 8 heteroatoms. The lowest BCUT2D eigenvalue weighted by molar-refractivity contribution is -0.140. The Labute approximate surface area is 192 Å². The van der Waals surface area contributed by atoms with E-state index in [9.17, 15) is 19.5 Å². The molecule has 1 unspecified atom stereocenters. The SMILES string of the molecule is COCCN1C(=O)C(=O)/C(=C(\O)c2cccc(OC(C)C)c2)C1c1cccc(OC(C)=O)c1. The van der Waals surface area contributed by atoms with E-state index in [0.29, 0.717) is 16.9 Å². The molecule has 0 saturated carbocycles. The molecule has 0 radical (unpaired) electrons. The number of methoxy groups -OCH3 is 1. The van der Waals surface area contributed by atoms with E-state index in [2.05, 4.69) is 0 Å². The average molecular weight is 453 g/mol. The van der Waals surface area contributed by atoms with E-state index in [1.54, 1.807) is 48.5 Å². The number of carbonyl (C=O) groups is 3. The van der Waals surface area contributed by atoms with Crippen LogP contribution in [0, 0.1) is 0 Å². The molecule has 1 aliphatic rings. The minimum absolute atomic E-state index is 0.0576. The van der Waals surface area contributed by atoms with E-state index < -0.39 is 23.7 Å². The smallest absolute Gasteiger partial charge is 0.308 e. The van der Waals surface area contributed by atoms with Crippen molar-refractivity contribution in [3.63, 3.8) is 0 Å². The van der Waals surface area contributed by atoms with Crippen molar-refractivity contribution in [1.82, 2.24) is 4.90 Å². The van der Waals surface area contributed by atoms with Crippen LogP contribution in [0.15, 0.2) is 54.1 Å². The van der Waals surface area contributed by atoms with Crippen molar-refractivity contribution in [3.05, 3.63) is 65.2 Å². The minimum Gasteiger partial charge on any atom is -0.507 e. The van der Waals surface area contributed by atoms with E-state index in [0.717, 1.165) is 0 Å². The molecule has 1 amide bonds. The molecule has 1 saturated heterocycles. The summed E-state index contributed by atoms with van der Waals surface area (Å²) < 4.78 is 16.0. The molecule has 2 aromatic rings. The van der Waals surface area contributed by atoms with Crippen LogP contribution in [0.1, 0.15) is 37.9 Å². The zero-order valence-electron chi connectivity index (χ0n) is 19.0. The van der Waals surface area contributed by atoms with Crippen LogP contribution in [0.25, 0.3) is 5.76 Å². The molecule has 0 aromatic heterocycles. The first kappa shape index (κ1) is 24.0. The summed E-state index contributed by atoms with van der Waals surface area (Å²) in [6.07, 6.45) is -0.0777. The molecule has 1 N–H and O–H groups in total. The Morgan fingerprint density at radius 1 is 1.09 bits per heavy atom. The van der Waals surface area contributed by atoms with Gasteiger partial charge in [0.25, 0.3) is 11.7 Å².